The Kier molecular flexibility index (Phi) is 5.90. The molecule has 0 aliphatic carbocycles. The Morgan fingerprint density at radius 3 is 3.11 bits per heavy atom. The molecule has 0 radical (unpaired) electrons. The number of hydrogen-bond acceptors (Lipinski definition) is 6. The third-order valence-electron chi connectivity index (χ3n) is 3.02. The fourth-order valence-electron chi connectivity index (χ4n) is 2.22. The summed E-state index contributed by atoms with van der Waals surface area (Å²) in [5, 5.41) is 12.9. The number of nitrogens with zero attached hydrogens (tertiary/aromatic N) is 1. The average molecular weight is 257 g/mol. The van der Waals surface area contributed by atoms with E-state index in [1.807, 2.05) is 11.8 Å². The number of nitrogens with one attached hydrogen (secondary N) is 1. The Hall–Kier alpha value is -0.790. The molecule has 0 amide bonds. The highest BCUT2D eigenvalue weighted by Crippen LogP contribution is 2.19. The molecule has 3 unspecified atom stereocenters. The van der Waals surface area contributed by atoms with Crippen molar-refractivity contribution in [1.82, 2.24) is 10.2 Å². The van der Waals surface area contributed by atoms with Gasteiger partial charge in [0.05, 0.1) is 25.0 Å². The fourth-order valence-corrected chi connectivity index (χ4v) is 2.22. The van der Waals surface area contributed by atoms with Gasteiger partial charge in [-0.25, -0.2) is 0 Å². The highest BCUT2D eigenvalue weighted by molar-refractivity contribution is 5.57. The zero-order valence-corrected chi connectivity index (χ0v) is 10.8. The van der Waals surface area contributed by atoms with Gasteiger partial charge in [-0.2, -0.15) is 0 Å². The second-order valence-electron chi connectivity index (χ2n) is 4.77. The fraction of sp³-hybridized carbons (Fsp3) is 0.750. The Balaban J connectivity index is 2.47. The largest absolute Gasteiger partial charge is 0.391 e. The van der Waals surface area contributed by atoms with Gasteiger partial charge in [-0.15, -0.1) is 6.58 Å². The number of nitrogens with two attached hydrogens (primary N) is 1. The molecule has 1 aliphatic heterocycles. The predicted octanol–water partition coefficient (Wildman–Crippen LogP) is -0.955. The average Bonchev–Trinajstić information content (AvgIpc) is 2.77. The smallest absolute Gasteiger partial charge is 0.151 e. The van der Waals surface area contributed by atoms with Crippen LogP contribution in [0.25, 0.3) is 0 Å². The number of aliphatic hydroxyl groups is 1. The number of ether oxygens (including phenoxy) is 1. The van der Waals surface area contributed by atoms with Gasteiger partial charge in [0.15, 0.2) is 6.29 Å². The molecule has 4 N–H and O–H groups in total. The molecule has 0 spiro atoms. The molecule has 18 heavy (non-hydrogen) atoms. The summed E-state index contributed by atoms with van der Waals surface area (Å²) >= 11 is 0. The molecule has 3 atom stereocenters. The lowest BCUT2D eigenvalue weighted by molar-refractivity contribution is -0.114. The minimum atomic E-state index is -0.744. The summed E-state index contributed by atoms with van der Waals surface area (Å²) in [6.07, 6.45) is 1.77. The summed E-state index contributed by atoms with van der Waals surface area (Å²) in [4.78, 5) is 12.8. The van der Waals surface area contributed by atoms with E-state index >= 15 is 0 Å². The van der Waals surface area contributed by atoms with Crippen molar-refractivity contribution in [2.24, 2.45) is 5.73 Å². The zero-order chi connectivity index (χ0) is 13.6. The van der Waals surface area contributed by atoms with E-state index in [-0.39, 0.29) is 12.8 Å². The van der Waals surface area contributed by atoms with Gasteiger partial charge in [-0.05, 0) is 6.92 Å². The van der Waals surface area contributed by atoms with Gasteiger partial charge >= 0.3 is 0 Å². The molecule has 0 aromatic rings. The lowest BCUT2D eigenvalue weighted by atomic mass is 10.0. The van der Waals surface area contributed by atoms with Crippen LogP contribution < -0.4 is 11.1 Å². The van der Waals surface area contributed by atoms with Crippen molar-refractivity contribution in [3.8, 4) is 0 Å². The highest BCUT2D eigenvalue weighted by Gasteiger charge is 2.37. The Bertz CT molecular complexity index is 284. The minimum Gasteiger partial charge on any atom is -0.391 e. The SMILES string of the molecule is C=CCOCC(O)CC(C)(N)N1CCNC1C=O. The third kappa shape index (κ3) is 4.15. The van der Waals surface area contributed by atoms with E-state index in [1.54, 1.807) is 6.08 Å². The van der Waals surface area contributed by atoms with Crippen molar-refractivity contribution in [2.75, 3.05) is 26.3 Å². The molecule has 0 aromatic heterocycles. The van der Waals surface area contributed by atoms with Crippen molar-refractivity contribution in [2.45, 2.75) is 31.3 Å². The highest BCUT2D eigenvalue weighted by atomic mass is 16.5. The first kappa shape index (κ1) is 15.3. The van der Waals surface area contributed by atoms with E-state index in [4.69, 9.17) is 10.5 Å². The van der Waals surface area contributed by atoms with E-state index in [1.165, 1.54) is 0 Å². The van der Waals surface area contributed by atoms with Gasteiger partial charge in [0.25, 0.3) is 0 Å². The van der Waals surface area contributed by atoms with E-state index in [0.29, 0.717) is 19.6 Å². The standard InChI is InChI=1S/C12H23N3O3/c1-3-6-18-9-10(17)7-12(2,13)15-5-4-14-11(15)8-16/h3,8,10-11,14,17H,1,4-7,9,13H2,2H3. The first-order valence-electron chi connectivity index (χ1n) is 6.12. The topological polar surface area (TPSA) is 87.8 Å². The van der Waals surface area contributed by atoms with Crippen LogP contribution in [0.1, 0.15) is 13.3 Å². The minimum absolute atomic E-state index is 0.214. The zero-order valence-electron chi connectivity index (χ0n) is 10.8. The van der Waals surface area contributed by atoms with Crippen LogP contribution in [0.15, 0.2) is 12.7 Å². The van der Waals surface area contributed by atoms with Crippen LogP contribution in [0.2, 0.25) is 0 Å². The summed E-state index contributed by atoms with van der Waals surface area (Å²) in [6, 6.07) is 0. The van der Waals surface area contributed by atoms with Crippen molar-refractivity contribution < 1.29 is 14.6 Å². The maximum absolute atomic E-state index is 10.9. The Labute approximate surface area is 108 Å². The van der Waals surface area contributed by atoms with E-state index in [2.05, 4.69) is 11.9 Å². The maximum Gasteiger partial charge on any atom is 0.151 e. The van der Waals surface area contributed by atoms with E-state index in [9.17, 15) is 9.90 Å². The van der Waals surface area contributed by atoms with Gasteiger partial charge in [-0.3, -0.25) is 10.2 Å². The predicted molar refractivity (Wildman–Crippen MR) is 68.8 cm³/mol. The van der Waals surface area contributed by atoms with E-state index in [0.717, 1.165) is 12.8 Å². The number of carbonyl (C=O) groups is 1. The molecule has 1 fully saturated rings. The van der Waals surface area contributed by atoms with E-state index < -0.39 is 11.8 Å². The van der Waals surface area contributed by atoms with Crippen molar-refractivity contribution in [1.29, 1.82) is 0 Å². The molecule has 1 saturated heterocycles. The number of aliphatic hydroxyl groups excluding tert-OH is 1. The number of rotatable bonds is 8. The van der Waals surface area contributed by atoms with Gasteiger partial charge in [0.1, 0.15) is 6.17 Å². The van der Waals surface area contributed by atoms with Gasteiger partial charge < -0.3 is 20.4 Å². The molecule has 1 heterocycles. The number of carbonyl (C=O) groups excluding carboxylic acids is 1. The Morgan fingerprint density at radius 1 is 1.78 bits per heavy atom. The quantitative estimate of drug-likeness (QED) is 0.295. The molecule has 1 rings (SSSR count). The van der Waals surface area contributed by atoms with Crippen LogP contribution in [0.3, 0.4) is 0 Å². The van der Waals surface area contributed by atoms with Crippen molar-refractivity contribution in [3.05, 3.63) is 12.7 Å². The first-order chi connectivity index (χ1) is 8.51. The molecule has 104 valence electrons. The van der Waals surface area contributed by atoms with Crippen molar-refractivity contribution >= 4 is 6.29 Å². The van der Waals surface area contributed by atoms with Crippen molar-refractivity contribution in [3.63, 3.8) is 0 Å². The van der Waals surface area contributed by atoms with Crippen LogP contribution in [-0.4, -0.2) is 60.5 Å². The van der Waals surface area contributed by atoms with Gasteiger partial charge in [0, 0.05) is 19.5 Å². The molecular weight excluding hydrogens is 234 g/mol. The molecular formula is C12H23N3O3. The second kappa shape index (κ2) is 6.96. The third-order valence-corrected chi connectivity index (χ3v) is 3.02. The summed E-state index contributed by atoms with van der Waals surface area (Å²) in [7, 11) is 0. The van der Waals surface area contributed by atoms with Crippen LogP contribution in [0.4, 0.5) is 0 Å². The monoisotopic (exact) mass is 257 g/mol. The molecule has 0 aromatic carbocycles. The first-order valence-corrected chi connectivity index (χ1v) is 6.12. The van der Waals surface area contributed by atoms with Crippen LogP contribution >= 0.6 is 0 Å². The molecule has 1 aliphatic rings. The molecule has 6 nitrogen and oxygen atoms in total. The summed E-state index contributed by atoms with van der Waals surface area (Å²) in [5.41, 5.74) is 5.44. The number of aldehydes is 1. The van der Waals surface area contributed by atoms with Gasteiger partial charge in [-0.1, -0.05) is 6.08 Å². The number of hydrogen-bond donors (Lipinski definition) is 3. The van der Waals surface area contributed by atoms with Crippen LogP contribution in [-0.2, 0) is 9.53 Å². The van der Waals surface area contributed by atoms with Gasteiger partial charge in [0.2, 0.25) is 0 Å². The summed E-state index contributed by atoms with van der Waals surface area (Å²) in [6.45, 7) is 7.37. The second-order valence-corrected chi connectivity index (χ2v) is 4.77. The summed E-state index contributed by atoms with van der Waals surface area (Å²) in [5.74, 6) is 0. The lowest BCUT2D eigenvalue weighted by Gasteiger charge is -2.38. The Morgan fingerprint density at radius 2 is 2.50 bits per heavy atom. The molecule has 0 saturated carbocycles. The van der Waals surface area contributed by atoms with Crippen LogP contribution in [0, 0.1) is 0 Å². The molecule has 6 heteroatoms. The summed E-state index contributed by atoms with van der Waals surface area (Å²) < 4.78 is 5.18. The normalized spacial score (nSPS) is 25.6. The van der Waals surface area contributed by atoms with Crippen LogP contribution in [0.5, 0.6) is 0 Å². The molecule has 0 bridgehead atoms. The lowest BCUT2D eigenvalue weighted by Crippen LogP contribution is -2.59. The maximum atomic E-state index is 10.9.